The zero-order chi connectivity index (χ0) is 13.8. The van der Waals surface area contributed by atoms with Crippen molar-refractivity contribution < 1.29 is 14.7 Å². The van der Waals surface area contributed by atoms with Crippen molar-refractivity contribution in [3.05, 3.63) is 28.8 Å². The summed E-state index contributed by atoms with van der Waals surface area (Å²) in [6, 6.07) is 6.15. The van der Waals surface area contributed by atoms with E-state index in [1.165, 1.54) is 31.7 Å². The van der Waals surface area contributed by atoms with Gasteiger partial charge < -0.3 is 0 Å². The van der Waals surface area contributed by atoms with Crippen LogP contribution >= 0.6 is 27.9 Å². The van der Waals surface area contributed by atoms with Gasteiger partial charge >= 0.3 is 42.6 Å². The third-order valence-electron chi connectivity index (χ3n) is 3.10. The fourth-order valence-corrected chi connectivity index (χ4v) is 3.99. The quantitative estimate of drug-likeness (QED) is 0.464. The first-order chi connectivity index (χ1) is 8.29. The Morgan fingerprint density at radius 1 is 1.17 bits per heavy atom. The van der Waals surface area contributed by atoms with E-state index in [1.807, 2.05) is 0 Å². The molecule has 0 N–H and O–H groups in total. The summed E-state index contributed by atoms with van der Waals surface area (Å²) in [5, 5.41) is 0. The molecule has 0 spiro atoms. The Morgan fingerprint density at radius 2 is 1.72 bits per heavy atom. The topological polar surface area (TPSA) is 0 Å². The van der Waals surface area contributed by atoms with Crippen LogP contribution in [0.5, 0.6) is 0 Å². The normalized spacial score (nSPS) is 14.6. The van der Waals surface area contributed by atoms with Crippen molar-refractivity contribution in [1.82, 2.24) is 0 Å². The molecule has 5 heteroatoms. The molecule has 0 fully saturated rings. The van der Waals surface area contributed by atoms with Gasteiger partial charge in [-0.05, 0) is 0 Å². The molecule has 18 heavy (non-hydrogen) atoms. The monoisotopic (exact) mass is 358 g/mol. The minimum absolute atomic E-state index is 0.921. The summed E-state index contributed by atoms with van der Waals surface area (Å²) in [4.78, 5) is 0. The van der Waals surface area contributed by atoms with Crippen LogP contribution in [-0.4, -0.2) is 8.07 Å². The first-order valence-corrected chi connectivity index (χ1v) is 16.5. The molecule has 0 unspecified atom stereocenters. The number of rotatable bonds is 2. The molecule has 0 aliphatic heterocycles. The van der Waals surface area contributed by atoms with E-state index in [0.717, 1.165) is 0 Å². The molecule has 102 valence electrons. The van der Waals surface area contributed by atoms with Gasteiger partial charge in [-0.15, -0.1) is 0 Å². The number of hydrogen-bond acceptors (Lipinski definition) is 0. The van der Waals surface area contributed by atoms with Gasteiger partial charge in [0.25, 0.3) is 0 Å². The minimum atomic E-state index is -1.92. The van der Waals surface area contributed by atoms with Crippen LogP contribution in [0.15, 0.2) is 12.1 Å². The number of halogens is 3. The van der Waals surface area contributed by atoms with Crippen LogP contribution in [0, 0.1) is 0 Å². The molecule has 1 aliphatic rings. The SMILES string of the molecule is C[Si](C)(C)C[c-]1ccc2c1CCCC2.[Cl][Ti+]([Cl])[Cl]. The summed E-state index contributed by atoms with van der Waals surface area (Å²) >= 11 is -1.92. The second kappa shape index (κ2) is 7.81. The second-order valence-electron chi connectivity index (χ2n) is 6.02. The molecule has 0 bridgehead atoms. The zero-order valence-electron chi connectivity index (χ0n) is 11.3. The Hall–Kier alpha value is 1.15. The van der Waals surface area contributed by atoms with Crippen LogP contribution in [0.1, 0.15) is 29.5 Å². The van der Waals surface area contributed by atoms with Gasteiger partial charge in [0.1, 0.15) is 0 Å². The van der Waals surface area contributed by atoms with Crippen molar-refractivity contribution in [3.8, 4) is 0 Å². The van der Waals surface area contributed by atoms with E-state index in [2.05, 4.69) is 31.8 Å². The Bertz CT molecular complexity index is 366. The van der Waals surface area contributed by atoms with Gasteiger partial charge in [0.05, 0.1) is 0 Å². The third-order valence-corrected chi connectivity index (χ3v) is 4.55. The molecular weight excluding hydrogens is 338 g/mol. The Kier molecular flexibility index (Phi) is 7.46. The van der Waals surface area contributed by atoms with E-state index in [4.69, 9.17) is 27.9 Å². The summed E-state index contributed by atoms with van der Waals surface area (Å²) in [5.74, 6) is 0. The molecule has 0 aromatic heterocycles. The summed E-state index contributed by atoms with van der Waals surface area (Å²) < 4.78 is 0. The maximum absolute atomic E-state index is 4.97. The molecule has 0 saturated heterocycles. The number of aryl methyl sites for hydroxylation is 1. The average Bonchev–Trinajstić information content (AvgIpc) is 2.59. The predicted molar refractivity (Wildman–Crippen MR) is 83.3 cm³/mol. The molecule has 0 heterocycles. The Labute approximate surface area is 130 Å². The van der Waals surface area contributed by atoms with Crippen molar-refractivity contribution in [2.75, 3.05) is 0 Å². The second-order valence-corrected chi connectivity index (χ2v) is 19.2. The van der Waals surface area contributed by atoms with Crippen LogP contribution in [0.3, 0.4) is 0 Å². The molecule has 0 radical (unpaired) electrons. The van der Waals surface area contributed by atoms with Crippen LogP contribution in [0.25, 0.3) is 0 Å². The van der Waals surface area contributed by atoms with Gasteiger partial charge in [-0.2, -0.15) is 22.8 Å². The van der Waals surface area contributed by atoms with Crippen LogP contribution in [0.2, 0.25) is 19.6 Å². The first-order valence-electron chi connectivity index (χ1n) is 6.39. The molecule has 0 amide bonds. The summed E-state index contributed by atoms with van der Waals surface area (Å²) in [7, 11) is 14.0. The molecule has 0 atom stereocenters. The molecule has 2 rings (SSSR count). The fourth-order valence-electron chi connectivity index (χ4n) is 2.52. The van der Waals surface area contributed by atoms with Crippen molar-refractivity contribution in [2.24, 2.45) is 0 Å². The molecule has 1 aliphatic carbocycles. The number of fused-ring (bicyclic) bond motifs is 1. The molecule has 1 aromatic rings. The van der Waals surface area contributed by atoms with E-state index in [0.29, 0.717) is 0 Å². The average molecular weight is 360 g/mol. The molecule has 0 saturated carbocycles. The molecular formula is C13H21Cl3SiTi. The van der Waals surface area contributed by atoms with Gasteiger partial charge in [0.2, 0.25) is 0 Å². The summed E-state index contributed by atoms with van der Waals surface area (Å²) in [6.45, 7) is 7.40. The van der Waals surface area contributed by atoms with Crippen molar-refractivity contribution in [1.29, 1.82) is 0 Å². The van der Waals surface area contributed by atoms with Crippen molar-refractivity contribution >= 4 is 36.0 Å². The third kappa shape index (κ3) is 6.54. The Morgan fingerprint density at radius 3 is 2.28 bits per heavy atom. The van der Waals surface area contributed by atoms with E-state index in [9.17, 15) is 0 Å². The first kappa shape index (κ1) is 17.2. The zero-order valence-corrected chi connectivity index (χ0v) is 16.2. The van der Waals surface area contributed by atoms with Gasteiger partial charge in [0, 0.05) is 8.07 Å². The van der Waals surface area contributed by atoms with E-state index < -0.39 is 22.8 Å². The molecule has 1 aromatic carbocycles. The van der Waals surface area contributed by atoms with Gasteiger partial charge in [0.15, 0.2) is 0 Å². The number of hydrogen-bond donors (Lipinski definition) is 0. The summed E-state index contributed by atoms with van der Waals surface area (Å²) in [5.41, 5.74) is 5.06. The maximum atomic E-state index is 4.97. The molecule has 0 nitrogen and oxygen atoms in total. The fraction of sp³-hybridized carbons (Fsp3) is 0.615. The van der Waals surface area contributed by atoms with Gasteiger partial charge in [-0.1, -0.05) is 51.4 Å². The van der Waals surface area contributed by atoms with Crippen LogP contribution < -0.4 is 0 Å². The van der Waals surface area contributed by atoms with Crippen LogP contribution in [-0.2, 0) is 33.6 Å². The summed E-state index contributed by atoms with van der Waals surface area (Å²) in [6.07, 6.45) is 5.50. The van der Waals surface area contributed by atoms with E-state index >= 15 is 0 Å². The Balaban J connectivity index is 0.000000357. The van der Waals surface area contributed by atoms with Crippen LogP contribution in [0.4, 0.5) is 0 Å². The standard InChI is InChI=1S/C13H21Si.3ClH.Ti/c1-14(2,3)10-12-9-8-11-6-4-5-7-13(11)12;;;;/h8-9H,4-7,10H2,1-3H3;3*1H;/q-1;;;;+4/p-3. The van der Waals surface area contributed by atoms with Gasteiger partial charge in [-0.3, -0.25) is 0 Å². The van der Waals surface area contributed by atoms with Gasteiger partial charge in [-0.25, -0.2) is 6.07 Å². The van der Waals surface area contributed by atoms with E-state index in [-0.39, 0.29) is 0 Å². The predicted octanol–water partition coefficient (Wildman–Crippen LogP) is 5.77. The van der Waals surface area contributed by atoms with Crippen molar-refractivity contribution in [3.63, 3.8) is 0 Å². The van der Waals surface area contributed by atoms with E-state index in [1.54, 1.807) is 16.7 Å². The van der Waals surface area contributed by atoms with Crippen molar-refractivity contribution in [2.45, 2.75) is 51.4 Å².